The summed E-state index contributed by atoms with van der Waals surface area (Å²) in [5.74, 6) is -0.225. The highest BCUT2D eigenvalue weighted by Gasteiger charge is 2.44. The summed E-state index contributed by atoms with van der Waals surface area (Å²) >= 11 is 0. The van der Waals surface area contributed by atoms with Crippen LogP contribution >= 0.6 is 0 Å². The lowest BCUT2D eigenvalue weighted by molar-refractivity contribution is -0.133. The number of hydrogen-bond donors (Lipinski definition) is 2. The molecule has 3 fully saturated rings. The molecule has 8 rings (SSSR count). The van der Waals surface area contributed by atoms with E-state index in [0.29, 0.717) is 19.5 Å². The SMILES string of the molecule is COC(=O)N[C@@H](C)C(=O)N1CCCC1C1=NC=C(c2ccc(-c3ccc(C4=CN=C(C5CCCN5C(=O)[C@@H](C)NC(=O)OC)C4)cc3)c3c2CCC32CCCC2)C1. The van der Waals surface area contributed by atoms with Crippen LogP contribution in [0.1, 0.15) is 107 Å². The molecule has 57 heavy (non-hydrogen) atoms. The minimum absolute atomic E-state index is 0.0738. The summed E-state index contributed by atoms with van der Waals surface area (Å²) in [5, 5.41) is 5.23. The molecular formula is C45H54N6O6. The number of likely N-dealkylation sites (tertiary alicyclic amines) is 2. The lowest BCUT2D eigenvalue weighted by atomic mass is 9.76. The van der Waals surface area contributed by atoms with Gasteiger partial charge in [-0.1, -0.05) is 49.2 Å². The summed E-state index contributed by atoms with van der Waals surface area (Å²) in [6, 6.07) is 12.1. The summed E-state index contributed by atoms with van der Waals surface area (Å²) < 4.78 is 9.42. The first-order valence-corrected chi connectivity index (χ1v) is 20.7. The van der Waals surface area contributed by atoms with Gasteiger partial charge in [0.25, 0.3) is 0 Å². The zero-order valence-corrected chi connectivity index (χ0v) is 33.6. The molecular weight excluding hydrogens is 721 g/mol. The Hall–Kier alpha value is -5.26. The van der Waals surface area contributed by atoms with Gasteiger partial charge in [-0.3, -0.25) is 19.6 Å². The van der Waals surface area contributed by atoms with Gasteiger partial charge in [0, 0.05) is 49.8 Å². The maximum atomic E-state index is 13.4. The predicted octanol–water partition coefficient (Wildman–Crippen LogP) is 6.95. The van der Waals surface area contributed by atoms with Gasteiger partial charge >= 0.3 is 12.2 Å². The fraction of sp³-hybridized carbons (Fsp3) is 0.511. The van der Waals surface area contributed by atoms with Gasteiger partial charge in [-0.25, -0.2) is 9.59 Å². The van der Waals surface area contributed by atoms with Crippen LogP contribution in [0.4, 0.5) is 9.59 Å². The standard InChI is InChI=1S/C45H54N6O6/c1-27(48-43(54)56-3)41(52)50-21-7-9-38(50)36-23-31(25-46-36)29-11-13-30(14-12-29)34-16-15-33(35-17-20-45(40(34)35)18-5-6-19-45)32-24-37(47-26-32)39-10-8-22-51(39)42(53)28(2)49-44(55)57-4/h11-16,25-28,38-39H,5-10,17-24H2,1-4H3,(H,48,54)(H,49,55)/t27-,28+,38?,39?/m1/s1. The van der Waals surface area contributed by atoms with Gasteiger partial charge in [-0.2, -0.15) is 0 Å². The maximum Gasteiger partial charge on any atom is 0.407 e. The first-order chi connectivity index (χ1) is 27.6. The Labute approximate surface area is 334 Å². The molecule has 2 aromatic rings. The molecule has 2 unspecified atom stereocenters. The number of amides is 4. The van der Waals surface area contributed by atoms with Crippen LogP contribution in [0.25, 0.3) is 22.3 Å². The zero-order valence-electron chi connectivity index (χ0n) is 33.6. The predicted molar refractivity (Wildman–Crippen MR) is 220 cm³/mol. The van der Waals surface area contributed by atoms with Crippen molar-refractivity contribution in [1.82, 2.24) is 20.4 Å². The van der Waals surface area contributed by atoms with Gasteiger partial charge in [-0.15, -0.1) is 0 Å². The average molecular weight is 775 g/mol. The number of rotatable bonds is 9. The molecule has 1 saturated carbocycles. The number of nitrogens with zero attached hydrogens (tertiary/aromatic N) is 4. The van der Waals surface area contributed by atoms with Gasteiger partial charge in [-0.05, 0) is 115 Å². The molecule has 12 nitrogen and oxygen atoms in total. The van der Waals surface area contributed by atoms with E-state index in [4.69, 9.17) is 19.5 Å². The maximum absolute atomic E-state index is 13.4. The normalized spacial score (nSPS) is 23.1. The summed E-state index contributed by atoms with van der Waals surface area (Å²) in [6.07, 6.45) is 14.9. The Kier molecular flexibility index (Phi) is 10.8. The van der Waals surface area contributed by atoms with Crippen LogP contribution in [0.2, 0.25) is 0 Å². The number of nitrogens with one attached hydrogen (secondary N) is 2. The highest BCUT2D eigenvalue weighted by molar-refractivity contribution is 6.05. The number of carbonyl (C=O) groups is 4. The molecule has 2 N–H and O–H groups in total. The second-order valence-electron chi connectivity index (χ2n) is 16.6. The van der Waals surface area contributed by atoms with Crippen molar-refractivity contribution < 1.29 is 28.7 Å². The monoisotopic (exact) mass is 774 g/mol. The van der Waals surface area contributed by atoms with Gasteiger partial charge in [0.15, 0.2) is 0 Å². The van der Waals surface area contributed by atoms with Crippen molar-refractivity contribution in [2.45, 2.75) is 120 Å². The third-order valence-electron chi connectivity index (χ3n) is 13.3. The van der Waals surface area contributed by atoms with Crippen LogP contribution in [-0.4, -0.2) is 96.7 Å². The Balaban J connectivity index is 0.977. The summed E-state index contributed by atoms with van der Waals surface area (Å²) in [5.41, 5.74) is 12.5. The van der Waals surface area contributed by atoms with Crippen molar-refractivity contribution >= 4 is 46.6 Å². The smallest absolute Gasteiger partial charge is 0.407 e. The minimum atomic E-state index is -0.673. The van der Waals surface area contributed by atoms with Crippen LogP contribution in [-0.2, 0) is 30.9 Å². The second kappa shape index (κ2) is 15.9. The number of methoxy groups -OCH3 is 2. The molecule has 0 bridgehead atoms. The van der Waals surface area contributed by atoms with Crippen molar-refractivity contribution in [2.24, 2.45) is 9.98 Å². The number of ether oxygens (including phenoxy) is 2. The number of fused-ring (bicyclic) bond motifs is 2. The topological polar surface area (TPSA) is 142 Å². The number of aliphatic imine (C=N–C) groups is 2. The highest BCUT2D eigenvalue weighted by atomic mass is 16.5. The van der Waals surface area contributed by atoms with Crippen molar-refractivity contribution in [3.8, 4) is 11.1 Å². The molecule has 4 atom stereocenters. The molecule has 1 spiro atoms. The van der Waals surface area contributed by atoms with Gasteiger partial charge in [0.2, 0.25) is 11.8 Å². The minimum Gasteiger partial charge on any atom is -0.453 e. The third kappa shape index (κ3) is 7.27. The van der Waals surface area contributed by atoms with Crippen molar-refractivity contribution in [2.75, 3.05) is 27.3 Å². The molecule has 0 aromatic heterocycles. The van der Waals surface area contributed by atoms with E-state index in [9.17, 15) is 19.2 Å². The Morgan fingerprint density at radius 2 is 1.19 bits per heavy atom. The average Bonchev–Trinajstić information content (AvgIpc) is 4.09. The fourth-order valence-electron chi connectivity index (χ4n) is 10.4. The number of hydrogen-bond acceptors (Lipinski definition) is 8. The van der Waals surface area contributed by atoms with E-state index in [1.165, 1.54) is 79.7 Å². The molecule has 6 aliphatic rings. The van der Waals surface area contributed by atoms with E-state index >= 15 is 0 Å². The summed E-state index contributed by atoms with van der Waals surface area (Å²) in [7, 11) is 2.59. The lowest BCUT2D eigenvalue weighted by Gasteiger charge is -2.29. The van der Waals surface area contributed by atoms with E-state index in [-0.39, 0.29) is 29.3 Å². The van der Waals surface area contributed by atoms with Gasteiger partial charge in [0.05, 0.1) is 26.3 Å². The molecule has 12 heteroatoms. The number of allylic oxidation sites excluding steroid dienone is 2. The van der Waals surface area contributed by atoms with E-state index in [1.54, 1.807) is 13.8 Å². The number of benzene rings is 2. The quantitative estimate of drug-likeness (QED) is 0.283. The van der Waals surface area contributed by atoms with Crippen molar-refractivity contribution in [3.05, 3.63) is 71.1 Å². The zero-order chi connectivity index (χ0) is 39.8. The molecule has 300 valence electrons. The van der Waals surface area contributed by atoms with E-state index < -0.39 is 24.3 Å². The number of alkyl carbamates (subject to hydrolysis) is 2. The first kappa shape index (κ1) is 38.6. The van der Waals surface area contributed by atoms with Crippen molar-refractivity contribution in [3.63, 3.8) is 0 Å². The second-order valence-corrected chi connectivity index (χ2v) is 16.6. The van der Waals surface area contributed by atoms with E-state index in [2.05, 4.69) is 47.0 Å². The Morgan fingerprint density at radius 1 is 0.684 bits per heavy atom. The first-order valence-electron chi connectivity index (χ1n) is 20.7. The molecule has 2 saturated heterocycles. The molecule has 2 aromatic carbocycles. The molecule has 4 heterocycles. The molecule has 0 radical (unpaired) electrons. The fourth-order valence-corrected chi connectivity index (χ4v) is 10.4. The molecule has 4 amide bonds. The van der Waals surface area contributed by atoms with Crippen LogP contribution < -0.4 is 10.6 Å². The van der Waals surface area contributed by atoms with Gasteiger partial charge < -0.3 is 29.9 Å². The van der Waals surface area contributed by atoms with E-state index in [0.717, 1.165) is 61.1 Å². The van der Waals surface area contributed by atoms with Crippen LogP contribution in [0, 0.1) is 0 Å². The van der Waals surface area contributed by atoms with Crippen LogP contribution in [0.3, 0.4) is 0 Å². The van der Waals surface area contributed by atoms with Crippen LogP contribution in [0.15, 0.2) is 58.8 Å². The molecule has 2 aliphatic carbocycles. The largest absolute Gasteiger partial charge is 0.453 e. The lowest BCUT2D eigenvalue weighted by Crippen LogP contribution is -2.50. The van der Waals surface area contributed by atoms with Gasteiger partial charge in [0.1, 0.15) is 12.1 Å². The third-order valence-corrected chi connectivity index (χ3v) is 13.3. The van der Waals surface area contributed by atoms with Crippen molar-refractivity contribution in [1.29, 1.82) is 0 Å². The van der Waals surface area contributed by atoms with Crippen LogP contribution in [0.5, 0.6) is 0 Å². The summed E-state index contributed by atoms with van der Waals surface area (Å²) in [4.78, 5) is 63.7. The number of carbonyl (C=O) groups excluding carboxylic acids is 4. The Morgan fingerprint density at radius 3 is 1.75 bits per heavy atom. The summed E-state index contributed by atoms with van der Waals surface area (Å²) in [6.45, 7) is 4.69. The Bertz CT molecular complexity index is 2080. The molecule has 4 aliphatic heterocycles. The highest BCUT2D eigenvalue weighted by Crippen LogP contribution is 2.55. The van der Waals surface area contributed by atoms with E-state index in [1.807, 2.05) is 22.2 Å².